The summed E-state index contributed by atoms with van der Waals surface area (Å²) in [5.41, 5.74) is 2.14. The summed E-state index contributed by atoms with van der Waals surface area (Å²) >= 11 is 3.48. The van der Waals surface area contributed by atoms with Crippen molar-refractivity contribution in [3.63, 3.8) is 0 Å². The molecule has 1 heterocycles. The highest BCUT2D eigenvalue weighted by atomic mass is 79.9. The molecule has 0 saturated carbocycles. The van der Waals surface area contributed by atoms with Crippen LogP contribution in [0.3, 0.4) is 0 Å². The van der Waals surface area contributed by atoms with Crippen LogP contribution in [0.15, 0.2) is 65.3 Å². The normalized spacial score (nSPS) is 10.6. The van der Waals surface area contributed by atoms with Crippen LogP contribution in [0.4, 0.5) is 0 Å². The summed E-state index contributed by atoms with van der Waals surface area (Å²) in [6.45, 7) is 0.533. The third kappa shape index (κ3) is 2.61. The Morgan fingerprint density at radius 2 is 1.74 bits per heavy atom. The van der Waals surface area contributed by atoms with Crippen molar-refractivity contribution in [2.24, 2.45) is 0 Å². The summed E-state index contributed by atoms with van der Waals surface area (Å²) < 4.78 is 6.82. The second-order valence-electron chi connectivity index (χ2n) is 4.21. The Kier molecular flexibility index (Phi) is 3.47. The predicted molar refractivity (Wildman–Crippen MR) is 80.2 cm³/mol. The Hall–Kier alpha value is -1.87. The van der Waals surface area contributed by atoms with Gasteiger partial charge in [0.1, 0.15) is 12.4 Å². The number of hydrogen-bond acceptors (Lipinski definition) is 2. The van der Waals surface area contributed by atoms with Crippen LogP contribution < -0.4 is 4.74 Å². The number of fused-ring (bicyclic) bond motifs is 1. The maximum atomic E-state index is 5.86. The van der Waals surface area contributed by atoms with Gasteiger partial charge in [0.15, 0.2) is 0 Å². The molecule has 2 nitrogen and oxygen atoms in total. The largest absolute Gasteiger partial charge is 0.488 e. The van der Waals surface area contributed by atoms with E-state index in [1.54, 1.807) is 0 Å². The molecule has 0 amide bonds. The van der Waals surface area contributed by atoms with Crippen molar-refractivity contribution in [3.05, 3.63) is 70.8 Å². The van der Waals surface area contributed by atoms with Gasteiger partial charge in [0.2, 0.25) is 0 Å². The summed E-state index contributed by atoms with van der Waals surface area (Å²) in [7, 11) is 0. The minimum absolute atomic E-state index is 0.533. The van der Waals surface area contributed by atoms with Gasteiger partial charge in [-0.25, -0.2) is 0 Å². The van der Waals surface area contributed by atoms with Crippen molar-refractivity contribution in [1.29, 1.82) is 0 Å². The fourth-order valence-corrected chi connectivity index (χ4v) is 2.40. The van der Waals surface area contributed by atoms with Crippen LogP contribution in [0.1, 0.15) is 5.56 Å². The van der Waals surface area contributed by atoms with Crippen molar-refractivity contribution in [2.75, 3.05) is 0 Å². The number of rotatable bonds is 3. The molecule has 0 N–H and O–H groups in total. The second-order valence-corrected chi connectivity index (χ2v) is 5.06. The van der Waals surface area contributed by atoms with Crippen molar-refractivity contribution < 1.29 is 4.74 Å². The number of nitrogens with zero attached hydrogens (tertiary/aromatic N) is 1. The molecule has 3 rings (SSSR count). The number of pyridine rings is 1. The minimum atomic E-state index is 0.533. The van der Waals surface area contributed by atoms with Gasteiger partial charge in [-0.2, -0.15) is 0 Å². The van der Waals surface area contributed by atoms with E-state index in [2.05, 4.69) is 27.0 Å². The summed E-state index contributed by atoms with van der Waals surface area (Å²) in [4.78, 5) is 4.35. The first-order chi connectivity index (χ1) is 9.34. The van der Waals surface area contributed by atoms with Gasteiger partial charge in [-0.15, -0.1) is 0 Å². The van der Waals surface area contributed by atoms with E-state index in [0.29, 0.717) is 6.61 Å². The monoisotopic (exact) mass is 313 g/mol. The van der Waals surface area contributed by atoms with E-state index in [9.17, 15) is 0 Å². The first-order valence-electron chi connectivity index (χ1n) is 6.04. The zero-order chi connectivity index (χ0) is 13.1. The summed E-state index contributed by atoms with van der Waals surface area (Å²) in [6.07, 6.45) is 1.82. The minimum Gasteiger partial charge on any atom is -0.488 e. The predicted octanol–water partition coefficient (Wildman–Crippen LogP) is 4.58. The number of para-hydroxylation sites is 2. The van der Waals surface area contributed by atoms with E-state index in [1.165, 1.54) is 0 Å². The van der Waals surface area contributed by atoms with E-state index in [-0.39, 0.29) is 0 Å². The molecule has 2 aromatic carbocycles. The number of ether oxygens (including phenoxy) is 1. The molecule has 3 aromatic rings. The van der Waals surface area contributed by atoms with Crippen molar-refractivity contribution in [3.8, 4) is 5.75 Å². The molecule has 0 radical (unpaired) electrons. The van der Waals surface area contributed by atoms with Gasteiger partial charge in [0, 0.05) is 17.1 Å². The lowest BCUT2D eigenvalue weighted by Gasteiger charge is -2.09. The average molecular weight is 314 g/mol. The molecule has 0 aliphatic rings. The second kappa shape index (κ2) is 5.41. The quantitative estimate of drug-likeness (QED) is 0.706. The van der Waals surface area contributed by atoms with Gasteiger partial charge in [-0.05, 0) is 40.2 Å². The fourth-order valence-electron chi connectivity index (χ4n) is 2.00. The van der Waals surface area contributed by atoms with Crippen LogP contribution in [0.2, 0.25) is 0 Å². The number of benzene rings is 2. The molecule has 3 heteroatoms. The maximum Gasteiger partial charge on any atom is 0.133 e. The Balaban J connectivity index is 1.88. The van der Waals surface area contributed by atoms with E-state index in [1.807, 2.05) is 54.7 Å². The van der Waals surface area contributed by atoms with E-state index >= 15 is 0 Å². The number of aromatic nitrogens is 1. The first kappa shape index (κ1) is 12.2. The van der Waals surface area contributed by atoms with E-state index < -0.39 is 0 Å². The van der Waals surface area contributed by atoms with Gasteiger partial charge in [-0.1, -0.05) is 30.3 Å². The summed E-state index contributed by atoms with van der Waals surface area (Å²) in [5, 5.41) is 1.14. The standard InChI is InChI=1S/C16H12BrNO/c17-14-6-2-4-8-16(14)19-11-12-9-10-18-15-7-3-1-5-13(12)15/h1-10H,11H2. The van der Waals surface area contributed by atoms with Crippen molar-refractivity contribution in [1.82, 2.24) is 4.98 Å². The molecule has 0 spiro atoms. The molecule has 0 saturated heterocycles. The molecule has 1 aromatic heterocycles. The van der Waals surface area contributed by atoms with Crippen molar-refractivity contribution >= 4 is 26.8 Å². The van der Waals surface area contributed by atoms with Crippen LogP contribution in [-0.4, -0.2) is 4.98 Å². The molecule has 0 fully saturated rings. The molecule has 0 atom stereocenters. The lowest BCUT2D eigenvalue weighted by atomic mass is 10.1. The smallest absolute Gasteiger partial charge is 0.133 e. The molecule has 0 aliphatic heterocycles. The van der Waals surface area contributed by atoms with Crippen LogP contribution >= 0.6 is 15.9 Å². The third-order valence-electron chi connectivity index (χ3n) is 2.96. The highest BCUT2D eigenvalue weighted by molar-refractivity contribution is 9.10. The van der Waals surface area contributed by atoms with Gasteiger partial charge >= 0.3 is 0 Å². The Bertz CT molecular complexity index is 706. The molecular formula is C16H12BrNO. The lowest BCUT2D eigenvalue weighted by molar-refractivity contribution is 0.305. The van der Waals surface area contributed by atoms with Crippen LogP contribution in [0.25, 0.3) is 10.9 Å². The fraction of sp³-hybridized carbons (Fsp3) is 0.0625. The number of hydrogen-bond donors (Lipinski definition) is 0. The SMILES string of the molecule is Brc1ccccc1OCc1ccnc2ccccc12. The summed E-state index contributed by atoms with van der Waals surface area (Å²) in [5.74, 6) is 0.850. The molecule has 0 unspecified atom stereocenters. The molecule has 19 heavy (non-hydrogen) atoms. The summed E-state index contributed by atoms with van der Waals surface area (Å²) in [6, 6.07) is 18.0. The van der Waals surface area contributed by atoms with Crippen molar-refractivity contribution in [2.45, 2.75) is 6.61 Å². The zero-order valence-electron chi connectivity index (χ0n) is 10.2. The van der Waals surface area contributed by atoms with Gasteiger partial charge in [-0.3, -0.25) is 4.98 Å². The molecule has 0 aliphatic carbocycles. The number of halogens is 1. The van der Waals surface area contributed by atoms with Gasteiger partial charge in [0.25, 0.3) is 0 Å². The van der Waals surface area contributed by atoms with Crippen LogP contribution in [0.5, 0.6) is 5.75 Å². The first-order valence-corrected chi connectivity index (χ1v) is 6.84. The van der Waals surface area contributed by atoms with Crippen LogP contribution in [0, 0.1) is 0 Å². The maximum absolute atomic E-state index is 5.86. The lowest BCUT2D eigenvalue weighted by Crippen LogP contribution is -1.97. The van der Waals surface area contributed by atoms with Crippen LogP contribution in [-0.2, 0) is 6.61 Å². The highest BCUT2D eigenvalue weighted by Crippen LogP contribution is 2.25. The molecule has 94 valence electrons. The van der Waals surface area contributed by atoms with E-state index in [4.69, 9.17) is 4.74 Å². The van der Waals surface area contributed by atoms with Gasteiger partial charge in [0.05, 0.1) is 9.99 Å². The Labute approximate surface area is 120 Å². The third-order valence-corrected chi connectivity index (χ3v) is 3.61. The average Bonchev–Trinajstić information content (AvgIpc) is 2.46. The zero-order valence-corrected chi connectivity index (χ0v) is 11.8. The van der Waals surface area contributed by atoms with E-state index in [0.717, 1.165) is 26.7 Å². The van der Waals surface area contributed by atoms with Gasteiger partial charge < -0.3 is 4.74 Å². The molecule has 0 bridgehead atoms. The topological polar surface area (TPSA) is 22.1 Å². The Morgan fingerprint density at radius 3 is 2.63 bits per heavy atom. The molecular weight excluding hydrogens is 302 g/mol. The Morgan fingerprint density at radius 1 is 0.947 bits per heavy atom. The highest BCUT2D eigenvalue weighted by Gasteiger charge is 2.04.